The van der Waals surface area contributed by atoms with Crippen molar-refractivity contribution >= 4 is 11.8 Å². The van der Waals surface area contributed by atoms with Crippen LogP contribution in [0.4, 0.5) is 0 Å². The number of carbonyl (C=O) groups is 2. The molecule has 4 nitrogen and oxygen atoms in total. The second-order valence-electron chi connectivity index (χ2n) is 5.12. The molecule has 1 aliphatic heterocycles. The molecule has 0 aromatic rings. The molecular weight excluding hydrogens is 228 g/mol. The molecule has 4 heteroatoms. The Hall–Kier alpha value is -1.06. The largest absolute Gasteiger partial charge is 0.346 e. The zero-order chi connectivity index (χ0) is 13.5. The molecule has 0 saturated carbocycles. The van der Waals surface area contributed by atoms with E-state index in [0.29, 0.717) is 6.42 Å². The van der Waals surface area contributed by atoms with Gasteiger partial charge in [-0.25, -0.2) is 0 Å². The van der Waals surface area contributed by atoms with Crippen LogP contribution in [0, 0.1) is 5.92 Å². The Morgan fingerprint density at radius 3 is 2.33 bits per heavy atom. The Bertz CT molecular complexity index is 284. The molecule has 1 saturated heterocycles. The molecule has 1 heterocycles. The van der Waals surface area contributed by atoms with E-state index in [9.17, 15) is 9.59 Å². The van der Waals surface area contributed by atoms with Crippen LogP contribution in [-0.4, -0.2) is 48.3 Å². The van der Waals surface area contributed by atoms with Crippen molar-refractivity contribution in [2.24, 2.45) is 5.92 Å². The van der Waals surface area contributed by atoms with Crippen LogP contribution in [0.5, 0.6) is 0 Å². The molecule has 0 aliphatic carbocycles. The SMILES string of the molecule is CCCCN(C)C(=O)C1CCN(C(=O)CC)CC1. The zero-order valence-electron chi connectivity index (χ0n) is 11.9. The summed E-state index contributed by atoms with van der Waals surface area (Å²) < 4.78 is 0. The minimum Gasteiger partial charge on any atom is -0.346 e. The van der Waals surface area contributed by atoms with Gasteiger partial charge in [0.1, 0.15) is 0 Å². The van der Waals surface area contributed by atoms with Gasteiger partial charge in [0.25, 0.3) is 0 Å². The van der Waals surface area contributed by atoms with Crippen LogP contribution in [0.1, 0.15) is 46.0 Å². The van der Waals surface area contributed by atoms with Crippen LogP contribution in [0.2, 0.25) is 0 Å². The molecule has 0 atom stereocenters. The van der Waals surface area contributed by atoms with Gasteiger partial charge in [0.2, 0.25) is 11.8 Å². The minimum absolute atomic E-state index is 0.118. The Morgan fingerprint density at radius 1 is 1.22 bits per heavy atom. The lowest BCUT2D eigenvalue weighted by atomic mass is 9.95. The second kappa shape index (κ2) is 7.39. The van der Waals surface area contributed by atoms with Gasteiger partial charge in [-0.15, -0.1) is 0 Å². The number of hydrogen-bond acceptors (Lipinski definition) is 2. The smallest absolute Gasteiger partial charge is 0.225 e. The van der Waals surface area contributed by atoms with Crippen LogP contribution in [0.15, 0.2) is 0 Å². The molecule has 0 radical (unpaired) electrons. The number of rotatable bonds is 5. The second-order valence-corrected chi connectivity index (χ2v) is 5.12. The number of nitrogens with zero attached hydrogens (tertiary/aromatic N) is 2. The molecular formula is C14H26N2O2. The van der Waals surface area contributed by atoms with Crippen molar-refractivity contribution in [2.75, 3.05) is 26.7 Å². The third-order valence-corrected chi connectivity index (χ3v) is 3.72. The maximum Gasteiger partial charge on any atom is 0.225 e. The molecule has 104 valence electrons. The first-order valence-electron chi connectivity index (χ1n) is 7.12. The summed E-state index contributed by atoms with van der Waals surface area (Å²) >= 11 is 0. The van der Waals surface area contributed by atoms with E-state index in [1.807, 2.05) is 23.8 Å². The first kappa shape index (κ1) is 15.0. The fraction of sp³-hybridized carbons (Fsp3) is 0.857. The fourth-order valence-corrected chi connectivity index (χ4v) is 2.42. The molecule has 1 rings (SSSR count). The van der Waals surface area contributed by atoms with Gasteiger partial charge in [-0.3, -0.25) is 9.59 Å². The van der Waals surface area contributed by atoms with Gasteiger partial charge < -0.3 is 9.80 Å². The van der Waals surface area contributed by atoms with Crippen molar-refractivity contribution in [3.63, 3.8) is 0 Å². The Labute approximate surface area is 110 Å². The van der Waals surface area contributed by atoms with Gasteiger partial charge in [0.15, 0.2) is 0 Å². The summed E-state index contributed by atoms with van der Waals surface area (Å²) in [6.07, 6.45) is 4.38. The molecule has 1 fully saturated rings. The standard InChI is InChI=1S/C14H26N2O2/c1-4-6-9-15(3)14(18)12-7-10-16(11-8-12)13(17)5-2/h12H,4-11H2,1-3H3. The van der Waals surface area contributed by atoms with E-state index in [4.69, 9.17) is 0 Å². The third-order valence-electron chi connectivity index (χ3n) is 3.72. The normalized spacial score (nSPS) is 16.7. The highest BCUT2D eigenvalue weighted by atomic mass is 16.2. The number of piperidine rings is 1. The predicted octanol–water partition coefficient (Wildman–Crippen LogP) is 1.89. The monoisotopic (exact) mass is 254 g/mol. The molecule has 1 aliphatic rings. The summed E-state index contributed by atoms with van der Waals surface area (Å²) in [5.41, 5.74) is 0. The summed E-state index contributed by atoms with van der Waals surface area (Å²) in [6.45, 7) is 6.35. The number of unbranched alkanes of at least 4 members (excludes halogenated alkanes) is 1. The van der Waals surface area contributed by atoms with E-state index in [2.05, 4.69) is 6.92 Å². The van der Waals surface area contributed by atoms with Crippen molar-refractivity contribution < 1.29 is 9.59 Å². The lowest BCUT2D eigenvalue weighted by molar-refractivity contribution is -0.139. The maximum atomic E-state index is 12.2. The highest BCUT2D eigenvalue weighted by Crippen LogP contribution is 2.20. The molecule has 0 spiro atoms. The number of hydrogen-bond donors (Lipinski definition) is 0. The van der Waals surface area contributed by atoms with Crippen LogP contribution in [0.25, 0.3) is 0 Å². The van der Waals surface area contributed by atoms with E-state index in [1.54, 1.807) is 0 Å². The number of amides is 2. The van der Waals surface area contributed by atoms with Gasteiger partial charge in [-0.05, 0) is 19.3 Å². The van der Waals surface area contributed by atoms with Gasteiger partial charge >= 0.3 is 0 Å². The molecule has 0 aromatic carbocycles. The summed E-state index contributed by atoms with van der Waals surface area (Å²) in [5, 5.41) is 0. The first-order valence-corrected chi connectivity index (χ1v) is 7.12. The predicted molar refractivity (Wildman–Crippen MR) is 72.1 cm³/mol. The quantitative estimate of drug-likeness (QED) is 0.752. The van der Waals surface area contributed by atoms with E-state index in [1.165, 1.54) is 0 Å². The van der Waals surface area contributed by atoms with Gasteiger partial charge in [-0.2, -0.15) is 0 Å². The van der Waals surface area contributed by atoms with E-state index >= 15 is 0 Å². The summed E-state index contributed by atoms with van der Waals surface area (Å²) in [5.74, 6) is 0.583. The van der Waals surface area contributed by atoms with E-state index in [0.717, 1.165) is 45.3 Å². The average Bonchev–Trinajstić information content (AvgIpc) is 2.43. The Kier molecular flexibility index (Phi) is 6.16. The molecule has 0 unspecified atom stereocenters. The topological polar surface area (TPSA) is 40.6 Å². The van der Waals surface area contributed by atoms with Crippen LogP contribution >= 0.6 is 0 Å². The van der Waals surface area contributed by atoms with Crippen molar-refractivity contribution in [3.05, 3.63) is 0 Å². The van der Waals surface area contributed by atoms with Crippen LogP contribution in [-0.2, 0) is 9.59 Å². The Balaban J connectivity index is 2.37. The lowest BCUT2D eigenvalue weighted by Crippen LogP contribution is -2.43. The Morgan fingerprint density at radius 2 is 1.83 bits per heavy atom. The highest BCUT2D eigenvalue weighted by molar-refractivity contribution is 5.80. The van der Waals surface area contributed by atoms with Crippen molar-refractivity contribution in [1.29, 1.82) is 0 Å². The van der Waals surface area contributed by atoms with Crippen LogP contribution < -0.4 is 0 Å². The highest BCUT2D eigenvalue weighted by Gasteiger charge is 2.28. The third kappa shape index (κ3) is 4.00. The number of likely N-dealkylation sites (tertiary alicyclic amines) is 1. The number of carbonyl (C=O) groups excluding carboxylic acids is 2. The van der Waals surface area contributed by atoms with Crippen molar-refractivity contribution in [2.45, 2.75) is 46.0 Å². The van der Waals surface area contributed by atoms with Crippen LogP contribution in [0.3, 0.4) is 0 Å². The summed E-state index contributed by atoms with van der Waals surface area (Å²) in [7, 11) is 1.89. The molecule has 18 heavy (non-hydrogen) atoms. The molecule has 0 bridgehead atoms. The fourth-order valence-electron chi connectivity index (χ4n) is 2.42. The average molecular weight is 254 g/mol. The summed E-state index contributed by atoms with van der Waals surface area (Å²) in [4.78, 5) is 27.5. The molecule has 2 amide bonds. The zero-order valence-corrected chi connectivity index (χ0v) is 11.9. The summed E-state index contributed by atoms with van der Waals surface area (Å²) in [6, 6.07) is 0. The van der Waals surface area contributed by atoms with Gasteiger partial charge in [0.05, 0.1) is 0 Å². The lowest BCUT2D eigenvalue weighted by Gasteiger charge is -2.33. The van der Waals surface area contributed by atoms with Crippen molar-refractivity contribution in [1.82, 2.24) is 9.80 Å². The maximum absolute atomic E-state index is 12.2. The molecule has 0 aromatic heterocycles. The first-order chi connectivity index (χ1) is 8.60. The van der Waals surface area contributed by atoms with E-state index in [-0.39, 0.29) is 17.7 Å². The minimum atomic E-state index is 0.118. The van der Waals surface area contributed by atoms with Crippen molar-refractivity contribution in [3.8, 4) is 0 Å². The van der Waals surface area contributed by atoms with E-state index < -0.39 is 0 Å². The van der Waals surface area contributed by atoms with Gasteiger partial charge in [0, 0.05) is 39.0 Å². The molecule has 0 N–H and O–H groups in total. The van der Waals surface area contributed by atoms with Gasteiger partial charge in [-0.1, -0.05) is 20.3 Å².